The summed E-state index contributed by atoms with van der Waals surface area (Å²) in [5.74, 6) is -0.0432. The molecular formula is C30H47IO5Si. The van der Waals surface area contributed by atoms with E-state index in [2.05, 4.69) is 62.5 Å². The van der Waals surface area contributed by atoms with Gasteiger partial charge in [-0.2, -0.15) is 0 Å². The molecule has 0 fully saturated rings. The van der Waals surface area contributed by atoms with Crippen LogP contribution in [0.25, 0.3) is 0 Å². The monoisotopic (exact) mass is 642 g/mol. The number of aliphatic hydroxyl groups excluding tert-OH is 1. The first kappa shape index (κ1) is 33.8. The topological polar surface area (TPSA) is 65.0 Å². The van der Waals surface area contributed by atoms with Gasteiger partial charge in [0.05, 0.1) is 32.5 Å². The van der Waals surface area contributed by atoms with Crippen molar-refractivity contribution in [1.29, 1.82) is 0 Å². The van der Waals surface area contributed by atoms with Crippen LogP contribution in [-0.4, -0.2) is 45.1 Å². The van der Waals surface area contributed by atoms with Crippen LogP contribution in [0.4, 0.5) is 0 Å². The average Bonchev–Trinajstić information content (AvgIpc) is 2.82. The maximum absolute atomic E-state index is 13.0. The summed E-state index contributed by atoms with van der Waals surface area (Å²) < 4.78 is 19.5. The fourth-order valence-electron chi connectivity index (χ4n) is 3.53. The van der Waals surface area contributed by atoms with E-state index in [1.54, 1.807) is 20.1 Å². The minimum atomic E-state index is -1.97. The summed E-state index contributed by atoms with van der Waals surface area (Å²) in [6.07, 6.45) is 7.59. The van der Waals surface area contributed by atoms with E-state index in [-0.39, 0.29) is 22.8 Å². The Morgan fingerprint density at radius 2 is 1.76 bits per heavy atom. The predicted molar refractivity (Wildman–Crippen MR) is 165 cm³/mol. The van der Waals surface area contributed by atoms with Crippen LogP contribution in [0.2, 0.25) is 18.1 Å². The molecule has 0 bridgehead atoms. The molecule has 1 aromatic carbocycles. The summed E-state index contributed by atoms with van der Waals surface area (Å²) in [5.41, 5.74) is 2.02. The Bertz CT molecular complexity index is 915. The summed E-state index contributed by atoms with van der Waals surface area (Å²) in [7, 11) is -0.340. The number of ether oxygens (including phenoxy) is 2. The Kier molecular flexibility index (Phi) is 14.6. The van der Waals surface area contributed by atoms with Crippen LogP contribution in [0, 0.1) is 11.8 Å². The summed E-state index contributed by atoms with van der Waals surface area (Å²) in [6.45, 7) is 17.5. The SMILES string of the molecule is COc1ccc(COC[C@H](C)C(=O)[C@@H](C)[C@@H](O)/C=C(\C)CC(/C=C/C=C/I)O[Si](C)(C)C(C)(C)C)cc1. The Morgan fingerprint density at radius 1 is 1.14 bits per heavy atom. The summed E-state index contributed by atoms with van der Waals surface area (Å²) in [6, 6.07) is 7.66. The van der Waals surface area contributed by atoms with Gasteiger partial charge in [0, 0.05) is 11.8 Å². The minimum Gasteiger partial charge on any atom is -0.497 e. The maximum atomic E-state index is 13.0. The quantitative estimate of drug-likeness (QED) is 0.0922. The number of ketones is 1. The van der Waals surface area contributed by atoms with Gasteiger partial charge in [-0.3, -0.25) is 4.79 Å². The van der Waals surface area contributed by atoms with Gasteiger partial charge in [0.2, 0.25) is 0 Å². The zero-order valence-corrected chi connectivity index (χ0v) is 27.2. The highest BCUT2D eigenvalue weighted by Gasteiger charge is 2.38. The van der Waals surface area contributed by atoms with E-state index in [0.717, 1.165) is 16.9 Å². The molecule has 37 heavy (non-hydrogen) atoms. The molecule has 1 rings (SSSR count). The number of benzene rings is 1. The lowest BCUT2D eigenvalue weighted by atomic mass is 9.90. The Labute approximate surface area is 239 Å². The minimum absolute atomic E-state index is 0.00701. The molecule has 0 aliphatic carbocycles. The molecule has 0 amide bonds. The molecule has 0 heterocycles. The van der Waals surface area contributed by atoms with E-state index < -0.39 is 20.3 Å². The Hall–Kier alpha value is -1.26. The van der Waals surface area contributed by atoms with Crippen LogP contribution in [-0.2, 0) is 20.6 Å². The van der Waals surface area contributed by atoms with Gasteiger partial charge in [-0.1, -0.05) is 99.2 Å². The smallest absolute Gasteiger partial charge is 0.192 e. The fraction of sp³-hybridized carbons (Fsp3) is 0.567. The second kappa shape index (κ2) is 16.0. The first-order chi connectivity index (χ1) is 17.2. The van der Waals surface area contributed by atoms with Crippen molar-refractivity contribution in [3.05, 3.63) is 63.8 Å². The second-order valence-corrected chi connectivity index (χ2v) is 16.8. The molecule has 0 aliphatic heterocycles. The third kappa shape index (κ3) is 12.0. The molecular weight excluding hydrogens is 595 g/mol. The van der Waals surface area contributed by atoms with E-state index in [0.29, 0.717) is 19.6 Å². The summed E-state index contributed by atoms with van der Waals surface area (Å²) in [4.78, 5) is 13.0. The van der Waals surface area contributed by atoms with Crippen molar-refractivity contribution in [2.75, 3.05) is 13.7 Å². The van der Waals surface area contributed by atoms with E-state index in [1.807, 2.05) is 54.3 Å². The van der Waals surface area contributed by atoms with Crippen LogP contribution >= 0.6 is 22.6 Å². The Balaban J connectivity index is 2.74. The van der Waals surface area contributed by atoms with Gasteiger partial charge in [-0.25, -0.2) is 0 Å². The van der Waals surface area contributed by atoms with Crippen LogP contribution in [0.3, 0.4) is 0 Å². The molecule has 5 nitrogen and oxygen atoms in total. The highest BCUT2D eigenvalue weighted by atomic mass is 127. The molecule has 0 aromatic heterocycles. The third-order valence-corrected chi connectivity index (χ3v) is 11.9. The molecule has 0 radical (unpaired) electrons. The van der Waals surface area contributed by atoms with Crippen molar-refractivity contribution in [1.82, 2.24) is 0 Å². The lowest BCUT2D eigenvalue weighted by molar-refractivity contribution is -0.130. The van der Waals surface area contributed by atoms with Crippen molar-refractivity contribution in [2.24, 2.45) is 11.8 Å². The molecule has 0 saturated heterocycles. The standard InChI is InChI=1S/C30H47IO5Si/c1-22(18-27(12-10-11-17-31)36-37(8,9)30(4,5)6)19-28(32)24(3)29(33)23(2)20-35-21-25-13-15-26(34-7)16-14-25/h10-17,19,23-24,27-28,32H,18,20-21H2,1-9H3/b12-10+,17-11+,22-19+/t23-,24-,27?,28-/m0/s1. The molecule has 0 saturated carbocycles. The molecule has 1 unspecified atom stereocenters. The first-order valence-electron chi connectivity index (χ1n) is 12.9. The van der Waals surface area contributed by atoms with Crippen molar-refractivity contribution in [2.45, 2.75) is 84.9 Å². The molecule has 208 valence electrons. The van der Waals surface area contributed by atoms with Crippen molar-refractivity contribution in [3.63, 3.8) is 0 Å². The average molecular weight is 643 g/mol. The molecule has 0 aliphatic rings. The van der Waals surface area contributed by atoms with Gasteiger partial charge in [0.15, 0.2) is 8.32 Å². The van der Waals surface area contributed by atoms with Gasteiger partial charge in [-0.05, 0) is 53.3 Å². The highest BCUT2D eigenvalue weighted by Crippen LogP contribution is 2.38. The molecule has 1 N–H and O–H groups in total. The van der Waals surface area contributed by atoms with E-state index >= 15 is 0 Å². The lowest BCUT2D eigenvalue weighted by Crippen LogP contribution is -2.43. The normalized spacial score (nSPS) is 16.7. The highest BCUT2D eigenvalue weighted by molar-refractivity contribution is 14.1. The predicted octanol–water partition coefficient (Wildman–Crippen LogP) is 7.65. The zero-order chi connectivity index (χ0) is 28.2. The van der Waals surface area contributed by atoms with E-state index in [4.69, 9.17) is 13.9 Å². The van der Waals surface area contributed by atoms with Gasteiger partial charge >= 0.3 is 0 Å². The number of halogens is 1. The summed E-state index contributed by atoms with van der Waals surface area (Å²) >= 11 is 2.19. The Morgan fingerprint density at radius 3 is 2.30 bits per heavy atom. The number of Topliss-reactive ketones (excluding diaryl/α,β-unsaturated/α-hetero) is 1. The van der Waals surface area contributed by atoms with Crippen molar-refractivity contribution < 1.29 is 23.8 Å². The molecule has 0 spiro atoms. The van der Waals surface area contributed by atoms with Crippen molar-refractivity contribution in [3.8, 4) is 5.75 Å². The van der Waals surface area contributed by atoms with Crippen molar-refractivity contribution >= 4 is 36.7 Å². The summed E-state index contributed by atoms with van der Waals surface area (Å²) in [5, 5.41) is 10.9. The van der Waals surface area contributed by atoms with Crippen LogP contribution in [0.5, 0.6) is 5.75 Å². The fourth-order valence-corrected chi connectivity index (χ4v) is 5.04. The van der Waals surface area contributed by atoms with Crippen LogP contribution in [0.15, 0.2) is 58.2 Å². The van der Waals surface area contributed by atoms with Gasteiger partial charge in [-0.15, -0.1) is 0 Å². The number of hydrogen-bond donors (Lipinski definition) is 1. The van der Waals surface area contributed by atoms with Gasteiger partial charge in [0.25, 0.3) is 0 Å². The largest absolute Gasteiger partial charge is 0.497 e. The van der Waals surface area contributed by atoms with Gasteiger partial charge < -0.3 is 19.0 Å². The molecule has 7 heteroatoms. The van der Waals surface area contributed by atoms with E-state index in [9.17, 15) is 9.90 Å². The number of allylic oxidation sites excluding steroid dienone is 2. The van der Waals surface area contributed by atoms with Crippen LogP contribution in [0.1, 0.15) is 53.5 Å². The van der Waals surface area contributed by atoms with Crippen LogP contribution < -0.4 is 4.74 Å². The zero-order valence-electron chi connectivity index (χ0n) is 24.1. The number of hydrogen-bond acceptors (Lipinski definition) is 5. The number of carbonyl (C=O) groups excluding carboxylic acids is 1. The maximum Gasteiger partial charge on any atom is 0.192 e. The number of rotatable bonds is 15. The first-order valence-corrected chi connectivity index (χ1v) is 17.1. The molecule has 4 atom stereocenters. The third-order valence-electron chi connectivity index (χ3n) is 6.98. The number of methoxy groups -OCH3 is 1. The second-order valence-electron chi connectivity index (χ2n) is 11.3. The number of carbonyl (C=O) groups is 1. The molecule has 1 aromatic rings. The lowest BCUT2D eigenvalue weighted by Gasteiger charge is -2.38. The van der Waals surface area contributed by atoms with E-state index in [1.165, 1.54) is 0 Å². The van der Waals surface area contributed by atoms with Gasteiger partial charge in [0.1, 0.15) is 11.5 Å². The number of aliphatic hydroxyl groups is 1.